The summed E-state index contributed by atoms with van der Waals surface area (Å²) in [6, 6.07) is 7.21. The third-order valence-corrected chi connectivity index (χ3v) is 2.92. The Labute approximate surface area is 117 Å². The van der Waals surface area contributed by atoms with Gasteiger partial charge in [-0.2, -0.15) is 5.26 Å². The summed E-state index contributed by atoms with van der Waals surface area (Å²) in [5.41, 5.74) is 0.891. The second-order valence-electron chi connectivity index (χ2n) is 3.19. The molecule has 0 amide bonds. The first-order valence-corrected chi connectivity index (χ1v) is 5.95. The van der Waals surface area contributed by atoms with Crippen LogP contribution in [0.1, 0.15) is 13.0 Å². The number of rotatable bonds is 2. The van der Waals surface area contributed by atoms with Crippen LogP contribution in [0.4, 0.5) is 0 Å². The number of ether oxygens (including phenoxy) is 1. The van der Waals surface area contributed by atoms with E-state index in [4.69, 9.17) is 44.8 Å². The van der Waals surface area contributed by atoms with Crippen molar-refractivity contribution in [3.05, 3.63) is 33.8 Å². The van der Waals surface area contributed by atoms with Crippen LogP contribution < -0.4 is 0 Å². The molecule has 1 atom stereocenters. The highest BCUT2D eigenvalue weighted by atomic mass is 35.5. The minimum atomic E-state index is 0. The van der Waals surface area contributed by atoms with Gasteiger partial charge in [0.1, 0.15) is 0 Å². The maximum absolute atomic E-state index is 8.35. The van der Waals surface area contributed by atoms with Gasteiger partial charge >= 0.3 is 0 Å². The Morgan fingerprint density at radius 1 is 1.35 bits per heavy atom. The van der Waals surface area contributed by atoms with E-state index in [1.807, 2.05) is 6.07 Å². The van der Waals surface area contributed by atoms with Gasteiger partial charge in [0.05, 0.1) is 41.1 Å². The van der Waals surface area contributed by atoms with Gasteiger partial charge < -0.3 is 4.74 Å². The van der Waals surface area contributed by atoms with Crippen LogP contribution in [0.25, 0.3) is 0 Å². The Morgan fingerprint density at radius 2 is 2.00 bits per heavy atom. The average molecular weight is 295 g/mol. The molecule has 0 bridgehead atoms. The van der Waals surface area contributed by atoms with Crippen LogP contribution in [0.2, 0.25) is 10.0 Å². The van der Waals surface area contributed by atoms with Crippen molar-refractivity contribution < 1.29 is 4.74 Å². The molecule has 1 aliphatic rings. The van der Waals surface area contributed by atoms with Crippen LogP contribution in [-0.2, 0) is 11.2 Å². The monoisotopic (exact) mass is 293 g/mol. The Bertz CT molecular complexity index is 386. The first kappa shape index (κ1) is 16.5. The maximum atomic E-state index is 8.35. The molecule has 0 spiro atoms. The fraction of sp³-hybridized carbons (Fsp3) is 0.417. The summed E-state index contributed by atoms with van der Waals surface area (Å²) < 4.78 is 4.73. The van der Waals surface area contributed by atoms with Crippen molar-refractivity contribution in [3.8, 4) is 6.07 Å². The molecule has 1 aliphatic heterocycles. The summed E-state index contributed by atoms with van der Waals surface area (Å²) in [7, 11) is 0. The normalized spacial score (nSPS) is 16.0. The molecule has 1 aromatic rings. The molecule has 0 radical (unpaired) electrons. The third-order valence-electron chi connectivity index (χ3n) is 1.84. The molecule has 0 N–H and O–H groups in total. The second kappa shape index (κ2) is 8.60. The minimum Gasteiger partial charge on any atom is -0.372 e. The van der Waals surface area contributed by atoms with E-state index in [1.54, 1.807) is 18.2 Å². The van der Waals surface area contributed by atoms with E-state index in [9.17, 15) is 0 Å². The molecule has 1 fully saturated rings. The largest absolute Gasteiger partial charge is 0.372 e. The van der Waals surface area contributed by atoms with E-state index < -0.39 is 0 Å². The van der Waals surface area contributed by atoms with Crippen molar-refractivity contribution >= 4 is 34.8 Å². The number of hydrogen-bond acceptors (Lipinski definition) is 2. The number of hydrogen-bond donors (Lipinski definition) is 0. The quantitative estimate of drug-likeness (QED) is 0.601. The fourth-order valence-electron chi connectivity index (χ4n) is 0.898. The van der Waals surface area contributed by atoms with Gasteiger partial charge in [0.2, 0.25) is 0 Å². The summed E-state index contributed by atoms with van der Waals surface area (Å²) in [6.45, 7) is 0.878. The molecular formula is C12H14Cl3NO. The predicted octanol–water partition coefficient (Wildman–Crippen LogP) is 4.32. The average Bonchev–Trinajstić information content (AvgIpc) is 3.08. The van der Waals surface area contributed by atoms with E-state index in [1.165, 1.54) is 0 Å². The van der Waals surface area contributed by atoms with Gasteiger partial charge in [-0.05, 0) is 17.7 Å². The highest BCUT2D eigenvalue weighted by molar-refractivity contribution is 6.42. The molecule has 0 aromatic heterocycles. The predicted molar refractivity (Wildman–Crippen MR) is 73.0 cm³/mol. The van der Waals surface area contributed by atoms with Crippen molar-refractivity contribution in [1.29, 1.82) is 5.26 Å². The summed E-state index contributed by atoms with van der Waals surface area (Å²) in [4.78, 5) is 0. The lowest BCUT2D eigenvalue weighted by Gasteiger charge is -1.96. The first-order valence-electron chi connectivity index (χ1n) is 4.65. The van der Waals surface area contributed by atoms with Crippen molar-refractivity contribution in [2.24, 2.45) is 0 Å². The Hall–Kier alpha value is -0.460. The zero-order valence-electron chi connectivity index (χ0n) is 8.42. The molecule has 17 heavy (non-hydrogen) atoms. The van der Waals surface area contributed by atoms with Crippen molar-refractivity contribution in [2.75, 3.05) is 12.5 Å². The van der Waals surface area contributed by atoms with Gasteiger partial charge in [0.15, 0.2) is 0 Å². The molecule has 0 aliphatic carbocycles. The first-order chi connectivity index (χ1) is 7.67. The number of nitriles is 1. The minimum absolute atomic E-state index is 0. The van der Waals surface area contributed by atoms with E-state index in [0.29, 0.717) is 28.5 Å². The highest BCUT2D eigenvalue weighted by Gasteiger charge is 2.19. The van der Waals surface area contributed by atoms with Crippen molar-refractivity contribution in [3.63, 3.8) is 0 Å². The zero-order chi connectivity index (χ0) is 12.0. The van der Waals surface area contributed by atoms with Crippen LogP contribution in [0.5, 0.6) is 0 Å². The molecule has 0 unspecified atom stereocenters. The molecule has 2 nitrogen and oxygen atoms in total. The second-order valence-corrected chi connectivity index (χ2v) is 4.32. The van der Waals surface area contributed by atoms with Gasteiger partial charge in [0, 0.05) is 0 Å². The van der Waals surface area contributed by atoms with Crippen molar-refractivity contribution in [2.45, 2.75) is 20.0 Å². The number of halogens is 3. The lowest BCUT2D eigenvalue weighted by atomic mass is 10.2. The van der Waals surface area contributed by atoms with Crippen LogP contribution in [0, 0.1) is 11.3 Å². The zero-order valence-corrected chi connectivity index (χ0v) is 10.7. The molecule has 94 valence electrons. The molecular weight excluding hydrogens is 280 g/mol. The Morgan fingerprint density at radius 3 is 2.35 bits per heavy atom. The van der Waals surface area contributed by atoms with E-state index >= 15 is 0 Å². The molecule has 1 heterocycles. The number of nitrogens with zero attached hydrogens (tertiary/aromatic N) is 1. The van der Waals surface area contributed by atoms with Crippen LogP contribution >= 0.6 is 34.8 Å². The molecule has 5 heteroatoms. The van der Waals surface area contributed by atoms with Gasteiger partial charge in [-0.15, -0.1) is 11.6 Å². The molecule has 0 saturated carbocycles. The van der Waals surface area contributed by atoms with Gasteiger partial charge in [-0.1, -0.05) is 36.7 Å². The van der Waals surface area contributed by atoms with Crippen LogP contribution in [-0.4, -0.2) is 18.6 Å². The fourth-order valence-corrected chi connectivity index (χ4v) is 1.40. The van der Waals surface area contributed by atoms with Gasteiger partial charge in [-0.25, -0.2) is 0 Å². The lowest BCUT2D eigenvalue weighted by Crippen LogP contribution is -1.80. The van der Waals surface area contributed by atoms with E-state index in [0.717, 1.165) is 12.2 Å². The van der Waals surface area contributed by atoms with Gasteiger partial charge in [-0.3, -0.25) is 0 Å². The highest BCUT2D eigenvalue weighted by Crippen LogP contribution is 2.22. The van der Waals surface area contributed by atoms with Crippen LogP contribution in [0.15, 0.2) is 18.2 Å². The third kappa shape index (κ3) is 6.75. The van der Waals surface area contributed by atoms with Crippen LogP contribution in [0.3, 0.4) is 0 Å². The Balaban J connectivity index is 0.000000360. The summed E-state index contributed by atoms with van der Waals surface area (Å²) in [5.74, 6) is 0.667. The number of alkyl halides is 1. The number of benzene rings is 1. The lowest BCUT2D eigenvalue weighted by molar-refractivity contribution is 0.425. The summed E-state index contributed by atoms with van der Waals surface area (Å²) >= 11 is 16.6. The smallest absolute Gasteiger partial charge is 0.0944 e. The maximum Gasteiger partial charge on any atom is 0.0944 e. The molecule has 2 rings (SSSR count). The van der Waals surface area contributed by atoms with Gasteiger partial charge in [0.25, 0.3) is 0 Å². The standard InChI is InChI=1S/C8H5Cl2N.C3H5ClO.CH4/c9-7-2-1-6(3-4-11)5-8(7)10;4-1-3-2-5-3;/h1-2,5H,3H2;3H,1-2H2;1H4/t;3-;/m.0./s1. The van der Waals surface area contributed by atoms with Crippen molar-refractivity contribution in [1.82, 2.24) is 0 Å². The Kier molecular flexibility index (Phi) is 8.37. The molecule has 1 saturated heterocycles. The SMILES string of the molecule is C.ClC[C@H]1CO1.N#CCc1ccc(Cl)c(Cl)c1. The summed E-state index contributed by atoms with van der Waals surface area (Å²) in [6.07, 6.45) is 0.772. The summed E-state index contributed by atoms with van der Waals surface area (Å²) in [5, 5.41) is 9.37. The molecule has 1 aromatic carbocycles. The number of epoxide rings is 1. The van der Waals surface area contributed by atoms with E-state index in [-0.39, 0.29) is 7.43 Å². The topological polar surface area (TPSA) is 36.3 Å². The van der Waals surface area contributed by atoms with E-state index in [2.05, 4.69) is 0 Å².